The Hall–Kier alpha value is -3.21. The van der Waals surface area contributed by atoms with Crippen molar-refractivity contribution in [3.63, 3.8) is 0 Å². The van der Waals surface area contributed by atoms with Crippen LogP contribution in [-0.2, 0) is 12.7 Å². The van der Waals surface area contributed by atoms with Crippen LogP contribution in [0.1, 0.15) is 27.4 Å². The molecule has 3 heterocycles. The highest BCUT2D eigenvalue weighted by atomic mass is 35.5. The van der Waals surface area contributed by atoms with Crippen molar-refractivity contribution in [3.05, 3.63) is 52.4 Å². The Morgan fingerprint density at radius 2 is 2.04 bits per heavy atom. The summed E-state index contributed by atoms with van der Waals surface area (Å²) in [6.45, 7) is 1.26. The Labute approximate surface area is 161 Å². The van der Waals surface area contributed by atoms with Crippen LogP contribution in [0.25, 0.3) is 11.6 Å². The number of amides is 1. The maximum atomic E-state index is 12.8. The van der Waals surface area contributed by atoms with Crippen LogP contribution in [0, 0.1) is 6.92 Å². The minimum atomic E-state index is -4.59. The number of aryl methyl sites for hydroxylation is 1. The number of halogens is 4. The highest BCUT2D eigenvalue weighted by Gasteiger charge is 2.31. The van der Waals surface area contributed by atoms with E-state index in [0.29, 0.717) is 11.8 Å². The standard InChI is InChI=1S/C16H12ClF3N6O2/c1-7-11(15-22-2-3-28-15)26-13(21)12(24-7)14(27)23-6-9-4-8(16(18,19)20)5-10(17)25-9/h2-5H,6H2,1H3,(H2,21,26)(H,23,27). The Morgan fingerprint density at radius 3 is 2.68 bits per heavy atom. The molecule has 28 heavy (non-hydrogen) atoms. The third kappa shape index (κ3) is 4.19. The highest BCUT2D eigenvalue weighted by molar-refractivity contribution is 6.29. The second-order valence-electron chi connectivity index (χ2n) is 5.58. The van der Waals surface area contributed by atoms with Gasteiger partial charge in [0.2, 0.25) is 5.89 Å². The molecule has 0 fully saturated rings. The van der Waals surface area contributed by atoms with E-state index in [0.717, 1.165) is 6.07 Å². The molecule has 0 radical (unpaired) electrons. The molecular weight excluding hydrogens is 401 g/mol. The van der Waals surface area contributed by atoms with Gasteiger partial charge >= 0.3 is 6.18 Å². The smallest absolute Gasteiger partial charge is 0.416 e. The lowest BCUT2D eigenvalue weighted by atomic mass is 10.2. The first-order valence-electron chi connectivity index (χ1n) is 7.71. The fourth-order valence-corrected chi connectivity index (χ4v) is 2.53. The number of aromatic nitrogens is 4. The molecular formula is C16H12ClF3N6O2. The second-order valence-corrected chi connectivity index (χ2v) is 5.97. The zero-order chi connectivity index (χ0) is 20.5. The van der Waals surface area contributed by atoms with Crippen molar-refractivity contribution in [2.24, 2.45) is 0 Å². The quantitative estimate of drug-likeness (QED) is 0.632. The van der Waals surface area contributed by atoms with E-state index in [1.165, 1.54) is 12.5 Å². The van der Waals surface area contributed by atoms with Crippen molar-refractivity contribution in [1.29, 1.82) is 0 Å². The van der Waals surface area contributed by atoms with Crippen LogP contribution < -0.4 is 11.1 Å². The third-order valence-corrected chi connectivity index (χ3v) is 3.75. The lowest BCUT2D eigenvalue weighted by molar-refractivity contribution is -0.137. The maximum Gasteiger partial charge on any atom is 0.416 e. The number of anilines is 1. The number of rotatable bonds is 4. The number of pyridine rings is 1. The van der Waals surface area contributed by atoms with Crippen molar-refractivity contribution >= 4 is 23.3 Å². The highest BCUT2D eigenvalue weighted by Crippen LogP contribution is 2.31. The van der Waals surface area contributed by atoms with Gasteiger partial charge < -0.3 is 15.5 Å². The minimum absolute atomic E-state index is 0.0761. The first kappa shape index (κ1) is 19.5. The normalized spacial score (nSPS) is 11.5. The fourth-order valence-electron chi connectivity index (χ4n) is 2.30. The van der Waals surface area contributed by atoms with Crippen LogP contribution in [0.5, 0.6) is 0 Å². The van der Waals surface area contributed by atoms with Crippen LogP contribution in [0.2, 0.25) is 5.15 Å². The number of nitrogens with two attached hydrogens (primary N) is 1. The molecule has 8 nitrogen and oxygen atoms in total. The van der Waals surface area contributed by atoms with E-state index in [-0.39, 0.29) is 40.5 Å². The zero-order valence-corrected chi connectivity index (χ0v) is 15.0. The summed E-state index contributed by atoms with van der Waals surface area (Å²) in [6.07, 6.45) is -1.82. The van der Waals surface area contributed by atoms with Crippen molar-refractivity contribution in [2.75, 3.05) is 5.73 Å². The lowest BCUT2D eigenvalue weighted by Crippen LogP contribution is -2.26. The van der Waals surface area contributed by atoms with Crippen LogP contribution in [-0.4, -0.2) is 25.8 Å². The number of nitrogen functional groups attached to an aromatic ring is 1. The Bertz CT molecular complexity index is 1020. The second kappa shape index (κ2) is 7.43. The first-order valence-corrected chi connectivity index (χ1v) is 8.09. The summed E-state index contributed by atoms with van der Waals surface area (Å²) in [6, 6.07) is 1.49. The number of carbonyl (C=O) groups excluding carboxylic acids is 1. The summed E-state index contributed by atoms with van der Waals surface area (Å²) in [5, 5.41) is 2.05. The third-order valence-electron chi connectivity index (χ3n) is 3.55. The van der Waals surface area contributed by atoms with E-state index in [1.54, 1.807) is 6.92 Å². The number of alkyl halides is 3. The largest absolute Gasteiger partial charge is 0.443 e. The maximum absolute atomic E-state index is 12.8. The van der Waals surface area contributed by atoms with E-state index in [1.807, 2.05) is 0 Å². The van der Waals surface area contributed by atoms with Gasteiger partial charge in [0.05, 0.1) is 29.7 Å². The molecule has 12 heteroatoms. The fraction of sp³-hybridized carbons (Fsp3) is 0.188. The van der Waals surface area contributed by atoms with Crippen molar-refractivity contribution in [3.8, 4) is 11.6 Å². The van der Waals surface area contributed by atoms with Gasteiger partial charge in [-0.1, -0.05) is 11.6 Å². The molecule has 146 valence electrons. The number of nitrogens with one attached hydrogen (secondary N) is 1. The van der Waals surface area contributed by atoms with Gasteiger partial charge in [0.1, 0.15) is 17.1 Å². The number of carbonyl (C=O) groups is 1. The average Bonchev–Trinajstić information content (AvgIpc) is 3.14. The van der Waals surface area contributed by atoms with Crippen LogP contribution >= 0.6 is 11.6 Å². The van der Waals surface area contributed by atoms with Crippen molar-refractivity contribution in [2.45, 2.75) is 19.6 Å². The molecule has 0 bridgehead atoms. The molecule has 0 unspecified atom stereocenters. The Kier molecular flexibility index (Phi) is 5.18. The van der Waals surface area contributed by atoms with Gasteiger partial charge in [-0.15, -0.1) is 0 Å². The van der Waals surface area contributed by atoms with E-state index in [4.69, 9.17) is 21.8 Å². The molecule has 1 amide bonds. The summed E-state index contributed by atoms with van der Waals surface area (Å²) in [7, 11) is 0. The van der Waals surface area contributed by atoms with Crippen LogP contribution in [0.15, 0.2) is 29.0 Å². The molecule has 3 aromatic heterocycles. The van der Waals surface area contributed by atoms with E-state index in [2.05, 4.69) is 25.3 Å². The molecule has 0 saturated heterocycles. The summed E-state index contributed by atoms with van der Waals surface area (Å²) >= 11 is 5.62. The van der Waals surface area contributed by atoms with Crippen LogP contribution in [0.3, 0.4) is 0 Å². The predicted octanol–water partition coefficient (Wildman–Crippen LogP) is 3.02. The molecule has 0 saturated carbocycles. The van der Waals surface area contributed by atoms with E-state index in [9.17, 15) is 18.0 Å². The van der Waals surface area contributed by atoms with Gasteiger partial charge in [-0.3, -0.25) is 4.79 Å². The number of hydrogen-bond donors (Lipinski definition) is 2. The molecule has 0 spiro atoms. The Balaban J connectivity index is 1.79. The van der Waals surface area contributed by atoms with Gasteiger partial charge in [0.15, 0.2) is 11.5 Å². The van der Waals surface area contributed by atoms with Gasteiger partial charge in [0, 0.05) is 0 Å². The zero-order valence-electron chi connectivity index (χ0n) is 14.2. The van der Waals surface area contributed by atoms with E-state index >= 15 is 0 Å². The summed E-state index contributed by atoms with van der Waals surface area (Å²) in [5.74, 6) is -0.736. The number of nitrogens with zero attached hydrogens (tertiary/aromatic N) is 4. The van der Waals surface area contributed by atoms with Gasteiger partial charge in [0.25, 0.3) is 5.91 Å². The van der Waals surface area contributed by atoms with E-state index < -0.39 is 17.6 Å². The molecule has 0 aliphatic heterocycles. The lowest BCUT2D eigenvalue weighted by Gasteiger charge is -2.11. The predicted molar refractivity (Wildman–Crippen MR) is 92.1 cm³/mol. The molecule has 3 rings (SSSR count). The monoisotopic (exact) mass is 412 g/mol. The molecule has 3 N–H and O–H groups in total. The molecule has 0 aliphatic rings. The molecule has 3 aromatic rings. The average molecular weight is 413 g/mol. The first-order chi connectivity index (χ1) is 13.1. The molecule has 0 atom stereocenters. The molecule has 0 aliphatic carbocycles. The minimum Gasteiger partial charge on any atom is -0.443 e. The summed E-state index contributed by atoms with van der Waals surface area (Å²) in [5.41, 5.74) is 5.15. The van der Waals surface area contributed by atoms with Gasteiger partial charge in [-0.05, 0) is 19.1 Å². The van der Waals surface area contributed by atoms with Crippen LogP contribution in [0.4, 0.5) is 19.0 Å². The topological polar surface area (TPSA) is 120 Å². The number of hydrogen-bond acceptors (Lipinski definition) is 7. The van der Waals surface area contributed by atoms with Crippen molar-refractivity contribution < 1.29 is 22.4 Å². The Morgan fingerprint density at radius 1 is 1.29 bits per heavy atom. The summed E-state index contributed by atoms with van der Waals surface area (Å²) < 4.78 is 43.7. The van der Waals surface area contributed by atoms with Gasteiger partial charge in [-0.25, -0.2) is 19.9 Å². The molecule has 0 aromatic carbocycles. The van der Waals surface area contributed by atoms with Gasteiger partial charge in [-0.2, -0.15) is 13.2 Å². The number of oxazole rings is 1. The van der Waals surface area contributed by atoms with Crippen molar-refractivity contribution in [1.82, 2.24) is 25.3 Å². The summed E-state index contributed by atoms with van der Waals surface area (Å²) in [4.78, 5) is 28.2. The SMILES string of the molecule is Cc1nc(C(=O)NCc2cc(C(F)(F)F)cc(Cl)n2)c(N)nc1-c1ncco1.